The van der Waals surface area contributed by atoms with Crippen molar-refractivity contribution in [2.45, 2.75) is 44.1 Å². The molecule has 1 rings (SSSR count). The molecule has 0 saturated carbocycles. The summed E-state index contributed by atoms with van der Waals surface area (Å²) in [6, 6.07) is 8.24. The first kappa shape index (κ1) is 13.2. The van der Waals surface area contributed by atoms with Crippen molar-refractivity contribution < 1.29 is 12.6 Å². The molecule has 0 spiro atoms. The van der Waals surface area contributed by atoms with Crippen LogP contribution < -0.4 is 0 Å². The van der Waals surface area contributed by atoms with Crippen LogP contribution in [0.4, 0.5) is 0 Å². The Labute approximate surface area is 97.6 Å². The largest absolute Gasteiger partial charge is 0.297 e. The van der Waals surface area contributed by atoms with Crippen molar-refractivity contribution >= 4 is 10.1 Å². The van der Waals surface area contributed by atoms with Crippen molar-refractivity contribution in [3.63, 3.8) is 0 Å². The smallest absolute Gasteiger partial charge is 0.263 e. The summed E-state index contributed by atoms with van der Waals surface area (Å²) in [6.07, 6.45) is 2.53. The zero-order valence-electron chi connectivity index (χ0n) is 9.72. The van der Waals surface area contributed by atoms with Gasteiger partial charge in [0.2, 0.25) is 0 Å². The SMILES string of the molecule is CCCCC(C)OS(=O)(=O)c1ccccc1. The van der Waals surface area contributed by atoms with Gasteiger partial charge >= 0.3 is 0 Å². The molecule has 0 aliphatic carbocycles. The van der Waals surface area contributed by atoms with E-state index in [1.54, 1.807) is 37.3 Å². The first-order chi connectivity index (χ1) is 7.56. The Bertz CT molecular complexity index is 398. The van der Waals surface area contributed by atoms with Crippen LogP contribution in [0.25, 0.3) is 0 Å². The van der Waals surface area contributed by atoms with Crippen molar-refractivity contribution in [3.05, 3.63) is 30.3 Å². The third-order valence-electron chi connectivity index (χ3n) is 2.29. The summed E-state index contributed by atoms with van der Waals surface area (Å²) in [5, 5.41) is 0. The Kier molecular flexibility index (Phi) is 4.96. The van der Waals surface area contributed by atoms with E-state index in [9.17, 15) is 8.42 Å². The second-order valence-corrected chi connectivity index (χ2v) is 5.39. The average Bonchev–Trinajstić information content (AvgIpc) is 2.27. The van der Waals surface area contributed by atoms with E-state index in [1.165, 1.54) is 0 Å². The minimum Gasteiger partial charge on any atom is -0.263 e. The van der Waals surface area contributed by atoms with Gasteiger partial charge in [-0.3, -0.25) is 4.18 Å². The lowest BCUT2D eigenvalue weighted by atomic mass is 10.2. The molecule has 3 nitrogen and oxygen atoms in total. The van der Waals surface area contributed by atoms with E-state index in [2.05, 4.69) is 6.92 Å². The Balaban J connectivity index is 2.66. The summed E-state index contributed by atoms with van der Waals surface area (Å²) < 4.78 is 28.7. The molecule has 1 aromatic rings. The molecule has 0 heterocycles. The van der Waals surface area contributed by atoms with Crippen LogP contribution in [-0.4, -0.2) is 14.5 Å². The molecular formula is C12H18O3S. The van der Waals surface area contributed by atoms with E-state index in [0.717, 1.165) is 19.3 Å². The van der Waals surface area contributed by atoms with Crippen LogP contribution in [0, 0.1) is 0 Å². The Hall–Kier alpha value is -0.870. The lowest BCUT2D eigenvalue weighted by molar-refractivity contribution is 0.214. The van der Waals surface area contributed by atoms with Gasteiger partial charge in [-0.1, -0.05) is 38.0 Å². The Morgan fingerprint density at radius 1 is 1.25 bits per heavy atom. The second-order valence-electron chi connectivity index (χ2n) is 3.82. The maximum atomic E-state index is 11.8. The van der Waals surface area contributed by atoms with Gasteiger partial charge in [-0.15, -0.1) is 0 Å². The van der Waals surface area contributed by atoms with E-state index in [0.29, 0.717) is 0 Å². The van der Waals surface area contributed by atoms with Crippen LogP contribution >= 0.6 is 0 Å². The lowest BCUT2D eigenvalue weighted by Crippen LogP contribution is -2.15. The fraction of sp³-hybridized carbons (Fsp3) is 0.500. The number of benzene rings is 1. The normalized spacial score (nSPS) is 13.6. The molecule has 0 saturated heterocycles. The highest BCUT2D eigenvalue weighted by Gasteiger charge is 2.17. The van der Waals surface area contributed by atoms with Gasteiger partial charge in [0.25, 0.3) is 10.1 Å². The highest BCUT2D eigenvalue weighted by atomic mass is 32.2. The first-order valence-corrected chi connectivity index (χ1v) is 6.95. The van der Waals surface area contributed by atoms with Gasteiger partial charge in [-0.05, 0) is 25.5 Å². The van der Waals surface area contributed by atoms with Crippen LogP contribution in [0.1, 0.15) is 33.1 Å². The number of rotatable bonds is 6. The monoisotopic (exact) mass is 242 g/mol. The summed E-state index contributed by atoms with van der Waals surface area (Å²) in [5.41, 5.74) is 0. The van der Waals surface area contributed by atoms with Crippen molar-refractivity contribution in [2.75, 3.05) is 0 Å². The third-order valence-corrected chi connectivity index (χ3v) is 3.72. The number of hydrogen-bond donors (Lipinski definition) is 0. The van der Waals surface area contributed by atoms with Crippen molar-refractivity contribution in [1.82, 2.24) is 0 Å². The van der Waals surface area contributed by atoms with Crippen LogP contribution in [-0.2, 0) is 14.3 Å². The number of hydrogen-bond acceptors (Lipinski definition) is 3. The molecule has 90 valence electrons. The molecule has 0 amide bonds. The summed E-state index contributed by atoms with van der Waals surface area (Å²) in [6.45, 7) is 3.86. The molecule has 0 aliphatic rings. The first-order valence-electron chi connectivity index (χ1n) is 5.54. The summed E-state index contributed by atoms with van der Waals surface area (Å²) in [4.78, 5) is 0.221. The molecule has 16 heavy (non-hydrogen) atoms. The van der Waals surface area contributed by atoms with Gasteiger partial charge in [-0.25, -0.2) is 0 Å². The van der Waals surface area contributed by atoms with Gasteiger partial charge in [-0.2, -0.15) is 8.42 Å². The summed E-state index contributed by atoms with van der Waals surface area (Å²) in [5.74, 6) is 0. The Morgan fingerprint density at radius 3 is 2.44 bits per heavy atom. The predicted octanol–water partition coefficient (Wildman–Crippen LogP) is 2.97. The molecule has 0 fully saturated rings. The minimum atomic E-state index is -3.59. The van der Waals surface area contributed by atoms with Crippen molar-refractivity contribution in [3.8, 4) is 0 Å². The molecule has 1 atom stereocenters. The maximum absolute atomic E-state index is 11.8. The lowest BCUT2D eigenvalue weighted by Gasteiger charge is -2.12. The zero-order valence-corrected chi connectivity index (χ0v) is 10.5. The molecule has 1 aromatic carbocycles. The van der Waals surface area contributed by atoms with Crippen LogP contribution in [0.2, 0.25) is 0 Å². The summed E-state index contributed by atoms with van der Waals surface area (Å²) in [7, 11) is -3.59. The Morgan fingerprint density at radius 2 is 1.88 bits per heavy atom. The van der Waals surface area contributed by atoms with Gasteiger partial charge in [0.05, 0.1) is 11.0 Å². The number of unbranched alkanes of at least 4 members (excludes halogenated alkanes) is 1. The maximum Gasteiger partial charge on any atom is 0.297 e. The molecule has 0 bridgehead atoms. The van der Waals surface area contributed by atoms with Crippen molar-refractivity contribution in [2.24, 2.45) is 0 Å². The topological polar surface area (TPSA) is 43.4 Å². The highest BCUT2D eigenvalue weighted by Crippen LogP contribution is 2.15. The molecule has 0 aromatic heterocycles. The molecule has 0 aliphatic heterocycles. The van der Waals surface area contributed by atoms with E-state index < -0.39 is 10.1 Å². The van der Waals surface area contributed by atoms with Crippen molar-refractivity contribution in [1.29, 1.82) is 0 Å². The van der Waals surface area contributed by atoms with E-state index in [1.807, 2.05) is 0 Å². The fourth-order valence-corrected chi connectivity index (χ4v) is 2.53. The van der Waals surface area contributed by atoms with E-state index in [-0.39, 0.29) is 11.0 Å². The molecule has 0 radical (unpaired) electrons. The fourth-order valence-electron chi connectivity index (χ4n) is 1.40. The van der Waals surface area contributed by atoms with Gasteiger partial charge in [0.1, 0.15) is 0 Å². The van der Waals surface area contributed by atoms with Crippen LogP contribution in [0.5, 0.6) is 0 Å². The third kappa shape index (κ3) is 3.94. The van der Waals surface area contributed by atoms with Gasteiger partial charge < -0.3 is 0 Å². The quantitative estimate of drug-likeness (QED) is 0.720. The van der Waals surface area contributed by atoms with Crippen LogP contribution in [0.3, 0.4) is 0 Å². The molecule has 0 N–H and O–H groups in total. The summed E-state index contributed by atoms with van der Waals surface area (Å²) >= 11 is 0. The predicted molar refractivity (Wildman–Crippen MR) is 63.7 cm³/mol. The minimum absolute atomic E-state index is 0.221. The molecular weight excluding hydrogens is 224 g/mol. The van der Waals surface area contributed by atoms with Crippen LogP contribution in [0.15, 0.2) is 35.2 Å². The van der Waals surface area contributed by atoms with Gasteiger partial charge in [0.15, 0.2) is 0 Å². The van der Waals surface area contributed by atoms with E-state index in [4.69, 9.17) is 4.18 Å². The van der Waals surface area contributed by atoms with E-state index >= 15 is 0 Å². The zero-order chi connectivity index (χ0) is 12.0. The molecule has 1 unspecified atom stereocenters. The second kappa shape index (κ2) is 6.01. The average molecular weight is 242 g/mol. The molecule has 4 heteroatoms. The van der Waals surface area contributed by atoms with Gasteiger partial charge in [0, 0.05) is 0 Å². The highest BCUT2D eigenvalue weighted by molar-refractivity contribution is 7.86. The standard InChI is InChI=1S/C12H18O3S/c1-3-4-8-11(2)15-16(13,14)12-9-6-5-7-10-12/h5-7,9-11H,3-4,8H2,1-2H3.